The van der Waals surface area contributed by atoms with Gasteiger partial charge in [0.1, 0.15) is 0 Å². The average molecular weight is 936 g/mol. The van der Waals surface area contributed by atoms with Gasteiger partial charge in [-0.2, -0.15) is 0 Å². The molecule has 0 N–H and O–H groups in total. The van der Waals surface area contributed by atoms with Gasteiger partial charge in [-0.25, -0.2) is 39.9 Å². The van der Waals surface area contributed by atoms with E-state index >= 15 is 0 Å². The van der Waals surface area contributed by atoms with E-state index in [0.29, 0.717) is 40.8 Å². The highest BCUT2D eigenvalue weighted by Crippen LogP contribution is 2.40. The summed E-state index contributed by atoms with van der Waals surface area (Å²) < 4.78 is 2.33. The summed E-state index contributed by atoms with van der Waals surface area (Å²) in [5.74, 6) is 4.05. The van der Waals surface area contributed by atoms with Gasteiger partial charge < -0.3 is 4.57 Å². The molecule has 0 fully saturated rings. The van der Waals surface area contributed by atoms with E-state index in [1.165, 1.54) is 0 Å². The summed E-state index contributed by atoms with van der Waals surface area (Å²) in [6.45, 7) is 0. The molecule has 13 rings (SSSR count). The van der Waals surface area contributed by atoms with Crippen molar-refractivity contribution in [3.8, 4) is 108 Å². The summed E-state index contributed by atoms with van der Waals surface area (Å²) in [4.78, 5) is 41.3. The first-order valence-electron chi connectivity index (χ1n) is 24.1. The Morgan fingerprint density at radius 3 is 1.03 bits per heavy atom. The minimum atomic E-state index is 0.531. The predicted molar refractivity (Wildman–Crippen MR) is 292 cm³/mol. The molecule has 9 heteroatoms. The fourth-order valence-electron chi connectivity index (χ4n) is 9.38. The van der Waals surface area contributed by atoms with Crippen LogP contribution in [0.1, 0.15) is 0 Å². The average Bonchev–Trinajstić information content (AvgIpc) is 3.81. The summed E-state index contributed by atoms with van der Waals surface area (Å²) >= 11 is 0. The van der Waals surface area contributed by atoms with Crippen molar-refractivity contribution in [2.24, 2.45) is 0 Å². The van der Waals surface area contributed by atoms with Crippen LogP contribution in [0.3, 0.4) is 0 Å². The first kappa shape index (κ1) is 42.9. The Kier molecular flexibility index (Phi) is 11.0. The molecule has 0 atom stereocenters. The molecule has 4 aromatic heterocycles. The van der Waals surface area contributed by atoms with Gasteiger partial charge in [0, 0.05) is 60.8 Å². The summed E-state index contributed by atoms with van der Waals surface area (Å²) in [7, 11) is 0. The van der Waals surface area contributed by atoms with E-state index in [1.807, 2.05) is 170 Å². The second-order valence-corrected chi connectivity index (χ2v) is 17.6. The molecule has 0 aliphatic carbocycles. The van der Waals surface area contributed by atoms with Gasteiger partial charge in [0.25, 0.3) is 0 Å². The lowest BCUT2D eigenvalue weighted by Gasteiger charge is -2.17. The molecule has 0 unspecified atom stereocenters. The van der Waals surface area contributed by atoms with E-state index in [2.05, 4.69) is 83.4 Å². The molecule has 73 heavy (non-hydrogen) atoms. The van der Waals surface area contributed by atoms with E-state index < -0.39 is 0 Å². The van der Waals surface area contributed by atoms with Crippen LogP contribution < -0.4 is 0 Å². The second kappa shape index (κ2) is 18.7. The number of hydrogen-bond acceptors (Lipinski definition) is 8. The fourth-order valence-corrected chi connectivity index (χ4v) is 9.38. The molecule has 0 radical (unpaired) electrons. The molecule has 0 spiro atoms. The van der Waals surface area contributed by atoms with Gasteiger partial charge in [0.05, 0.1) is 28.1 Å². The molecule has 0 aliphatic rings. The van der Waals surface area contributed by atoms with Crippen LogP contribution in [0.15, 0.2) is 249 Å². The first-order valence-corrected chi connectivity index (χ1v) is 24.1. The van der Waals surface area contributed by atoms with Gasteiger partial charge in [-0.15, -0.1) is 0 Å². The summed E-state index contributed by atoms with van der Waals surface area (Å²) in [6, 6.07) is 84.1. The highest BCUT2D eigenvalue weighted by molar-refractivity contribution is 6.10. The quantitative estimate of drug-likeness (QED) is 0.133. The number of benzene rings is 9. The van der Waals surface area contributed by atoms with E-state index in [-0.39, 0.29) is 0 Å². The molecule has 9 nitrogen and oxygen atoms in total. The lowest BCUT2D eigenvalue weighted by Crippen LogP contribution is -2.03. The van der Waals surface area contributed by atoms with Crippen molar-refractivity contribution in [1.82, 2.24) is 44.4 Å². The normalized spacial score (nSPS) is 11.3. The van der Waals surface area contributed by atoms with Crippen LogP contribution in [0.5, 0.6) is 0 Å². The van der Waals surface area contributed by atoms with E-state index in [1.54, 1.807) is 0 Å². The Hall–Kier alpha value is -10.1. The number of aromatic nitrogens is 9. The number of rotatable bonds is 10. The third-order valence-electron chi connectivity index (χ3n) is 12.9. The Bertz CT molecular complexity index is 3940. The molecule has 0 saturated heterocycles. The van der Waals surface area contributed by atoms with Crippen LogP contribution in [-0.4, -0.2) is 44.4 Å². The third-order valence-corrected chi connectivity index (χ3v) is 12.9. The SMILES string of the molecule is c1ccc(-c2cc(-c3cc(-c4nc(-c5ccccc5)nc(-c5ccccc5)n4)ccc3-n3c4ccccc4c4ccc(-c5nc(-c6ccccc6)nc(-c6ccccc6)n5)cc43)nc(-c3ccccc3)n2)cc1. The van der Waals surface area contributed by atoms with Crippen molar-refractivity contribution < 1.29 is 0 Å². The molecular formula is C64H41N9. The maximum Gasteiger partial charge on any atom is 0.164 e. The molecule has 0 saturated carbocycles. The van der Waals surface area contributed by atoms with Gasteiger partial charge in [-0.05, 0) is 36.4 Å². The molecular weight excluding hydrogens is 895 g/mol. The zero-order chi connectivity index (χ0) is 48.5. The zero-order valence-electron chi connectivity index (χ0n) is 39.2. The van der Waals surface area contributed by atoms with Crippen molar-refractivity contribution in [3.05, 3.63) is 249 Å². The standard InChI is InChI=1S/C64H41N9/c1-7-21-42(22-8-1)53-41-54(66-58(65-53)43-23-9-2-10-24-43)52-39-48(63-69-59(44-25-11-3-12-26-44)67-60(70-63)45-27-13-4-14-28-45)36-38-56(52)73-55-34-20-19-33-50(55)51-37-35-49(40-57(51)73)64-71-61(46-29-15-5-16-30-46)68-62(72-64)47-31-17-6-18-32-47/h1-41H. The topological polar surface area (TPSA) is 108 Å². The van der Waals surface area contributed by atoms with Crippen molar-refractivity contribution in [2.75, 3.05) is 0 Å². The number of para-hydroxylation sites is 1. The minimum Gasteiger partial charge on any atom is -0.309 e. The lowest BCUT2D eigenvalue weighted by atomic mass is 10.0. The minimum absolute atomic E-state index is 0.531. The maximum atomic E-state index is 5.43. The van der Waals surface area contributed by atoms with Crippen LogP contribution in [0.4, 0.5) is 0 Å². The van der Waals surface area contributed by atoms with Crippen LogP contribution in [0.2, 0.25) is 0 Å². The summed E-state index contributed by atoms with van der Waals surface area (Å²) in [5, 5.41) is 2.17. The second-order valence-electron chi connectivity index (χ2n) is 17.6. The fraction of sp³-hybridized carbons (Fsp3) is 0. The van der Waals surface area contributed by atoms with Crippen molar-refractivity contribution >= 4 is 21.8 Å². The molecule has 9 aromatic carbocycles. The Labute approximate surface area is 421 Å². The molecule has 13 aromatic rings. The monoisotopic (exact) mass is 935 g/mol. The van der Waals surface area contributed by atoms with Crippen LogP contribution in [-0.2, 0) is 0 Å². The van der Waals surface area contributed by atoms with E-state index in [4.69, 9.17) is 39.9 Å². The van der Waals surface area contributed by atoms with E-state index in [9.17, 15) is 0 Å². The van der Waals surface area contributed by atoms with E-state index in [0.717, 1.165) is 89.0 Å². The highest BCUT2D eigenvalue weighted by atomic mass is 15.1. The van der Waals surface area contributed by atoms with Crippen molar-refractivity contribution in [2.45, 2.75) is 0 Å². The highest BCUT2D eigenvalue weighted by Gasteiger charge is 2.22. The molecule has 342 valence electrons. The maximum absolute atomic E-state index is 5.43. The van der Waals surface area contributed by atoms with Gasteiger partial charge in [-0.3, -0.25) is 0 Å². The first-order chi connectivity index (χ1) is 36.2. The number of hydrogen-bond donors (Lipinski definition) is 0. The van der Waals surface area contributed by atoms with Gasteiger partial charge in [0.2, 0.25) is 0 Å². The zero-order valence-corrected chi connectivity index (χ0v) is 39.2. The lowest BCUT2D eigenvalue weighted by molar-refractivity contribution is 1.07. The molecule has 0 amide bonds. The van der Waals surface area contributed by atoms with Crippen molar-refractivity contribution in [1.29, 1.82) is 0 Å². The number of fused-ring (bicyclic) bond motifs is 3. The summed E-state index contributed by atoms with van der Waals surface area (Å²) in [5.41, 5.74) is 12.4. The Balaban J connectivity index is 1.08. The van der Waals surface area contributed by atoms with Gasteiger partial charge in [0.15, 0.2) is 40.8 Å². The molecule has 4 heterocycles. The van der Waals surface area contributed by atoms with Gasteiger partial charge in [-0.1, -0.05) is 212 Å². The largest absolute Gasteiger partial charge is 0.309 e. The summed E-state index contributed by atoms with van der Waals surface area (Å²) in [6.07, 6.45) is 0. The molecule has 0 aliphatic heterocycles. The van der Waals surface area contributed by atoms with Crippen molar-refractivity contribution in [3.63, 3.8) is 0 Å². The van der Waals surface area contributed by atoms with Crippen LogP contribution in [0, 0.1) is 0 Å². The molecule has 0 bridgehead atoms. The Morgan fingerprint density at radius 1 is 0.219 bits per heavy atom. The number of nitrogens with zero attached hydrogens (tertiary/aromatic N) is 9. The van der Waals surface area contributed by atoms with Crippen LogP contribution in [0.25, 0.3) is 130 Å². The predicted octanol–water partition coefficient (Wildman–Crippen LogP) is 14.9. The third kappa shape index (κ3) is 8.36. The van der Waals surface area contributed by atoms with Crippen LogP contribution >= 0.6 is 0 Å². The Morgan fingerprint density at radius 2 is 0.562 bits per heavy atom. The smallest absolute Gasteiger partial charge is 0.164 e. The van der Waals surface area contributed by atoms with Gasteiger partial charge >= 0.3 is 0 Å².